The van der Waals surface area contributed by atoms with Crippen molar-refractivity contribution in [3.63, 3.8) is 0 Å². The zero-order valence-corrected chi connectivity index (χ0v) is 11.9. The molecule has 1 amide bonds. The summed E-state index contributed by atoms with van der Waals surface area (Å²) < 4.78 is 40.6. The molecule has 3 rings (SSSR count). The molecule has 114 valence electrons. The molecule has 2 aliphatic rings. The van der Waals surface area contributed by atoms with Crippen LogP contribution < -0.4 is 5.32 Å². The number of hydrogen-bond acceptors (Lipinski definition) is 2. The topological polar surface area (TPSA) is 32.3 Å². The van der Waals surface area contributed by atoms with Crippen LogP contribution in [0.1, 0.15) is 24.2 Å². The molecule has 0 radical (unpaired) electrons. The zero-order valence-electron chi connectivity index (χ0n) is 11.9. The summed E-state index contributed by atoms with van der Waals surface area (Å²) in [6, 6.07) is 1.09. The SMILES string of the molecule is CC1(C)C2CNCC2CN1C(=O)c1c(F)cc(F)cc1F. The van der Waals surface area contributed by atoms with Crippen molar-refractivity contribution in [2.24, 2.45) is 11.8 Å². The molecule has 2 saturated heterocycles. The summed E-state index contributed by atoms with van der Waals surface area (Å²) >= 11 is 0. The molecule has 2 heterocycles. The Bertz CT molecular complexity index is 580. The second-order valence-corrected chi connectivity index (χ2v) is 6.34. The highest BCUT2D eigenvalue weighted by Gasteiger charge is 2.51. The number of fused-ring (bicyclic) bond motifs is 1. The van der Waals surface area contributed by atoms with Crippen LogP contribution >= 0.6 is 0 Å². The van der Waals surface area contributed by atoms with Gasteiger partial charge in [0.1, 0.15) is 23.0 Å². The summed E-state index contributed by atoms with van der Waals surface area (Å²) in [6.45, 7) is 5.85. The monoisotopic (exact) mass is 298 g/mol. The number of rotatable bonds is 1. The summed E-state index contributed by atoms with van der Waals surface area (Å²) in [5.41, 5.74) is -1.16. The van der Waals surface area contributed by atoms with Gasteiger partial charge in [0, 0.05) is 37.3 Å². The van der Waals surface area contributed by atoms with Crippen LogP contribution in [-0.4, -0.2) is 36.0 Å². The van der Waals surface area contributed by atoms with Gasteiger partial charge in [0.2, 0.25) is 0 Å². The average molecular weight is 298 g/mol. The predicted octanol–water partition coefficient (Wildman–Crippen LogP) is 2.17. The lowest BCUT2D eigenvalue weighted by Gasteiger charge is -2.35. The van der Waals surface area contributed by atoms with Crippen LogP contribution in [0.25, 0.3) is 0 Å². The van der Waals surface area contributed by atoms with Gasteiger partial charge in [-0.25, -0.2) is 13.2 Å². The molecule has 3 nitrogen and oxygen atoms in total. The lowest BCUT2D eigenvalue weighted by atomic mass is 9.84. The first-order valence-corrected chi connectivity index (χ1v) is 6.99. The molecular formula is C15H17F3N2O. The minimum absolute atomic E-state index is 0.257. The van der Waals surface area contributed by atoms with Gasteiger partial charge in [-0.2, -0.15) is 0 Å². The molecule has 0 aliphatic carbocycles. The molecule has 0 saturated carbocycles. The first-order valence-electron chi connectivity index (χ1n) is 6.99. The summed E-state index contributed by atoms with van der Waals surface area (Å²) in [4.78, 5) is 14.1. The van der Waals surface area contributed by atoms with Gasteiger partial charge in [0.05, 0.1) is 0 Å². The van der Waals surface area contributed by atoms with Crippen molar-refractivity contribution >= 4 is 5.91 Å². The Labute approximate surface area is 121 Å². The lowest BCUT2D eigenvalue weighted by molar-refractivity contribution is 0.0593. The van der Waals surface area contributed by atoms with E-state index in [0.29, 0.717) is 18.7 Å². The Morgan fingerprint density at radius 3 is 2.43 bits per heavy atom. The second-order valence-electron chi connectivity index (χ2n) is 6.34. The maximum Gasteiger partial charge on any atom is 0.260 e. The summed E-state index contributed by atoms with van der Waals surface area (Å²) in [6.07, 6.45) is 0. The Morgan fingerprint density at radius 2 is 1.86 bits per heavy atom. The van der Waals surface area contributed by atoms with Crippen LogP contribution in [0.5, 0.6) is 0 Å². The second kappa shape index (κ2) is 4.73. The number of nitrogens with zero attached hydrogens (tertiary/aromatic N) is 1. The molecule has 2 atom stereocenters. The number of carbonyl (C=O) groups excluding carboxylic acids is 1. The van der Waals surface area contributed by atoms with E-state index in [1.165, 1.54) is 4.90 Å². The Kier molecular flexibility index (Phi) is 3.24. The van der Waals surface area contributed by atoms with E-state index >= 15 is 0 Å². The van der Waals surface area contributed by atoms with E-state index in [-0.39, 0.29) is 11.8 Å². The number of nitrogens with one attached hydrogen (secondary N) is 1. The van der Waals surface area contributed by atoms with Crippen LogP contribution in [0, 0.1) is 29.3 Å². The first-order chi connectivity index (χ1) is 9.82. The van der Waals surface area contributed by atoms with E-state index in [0.717, 1.165) is 13.1 Å². The Balaban J connectivity index is 1.97. The van der Waals surface area contributed by atoms with Gasteiger partial charge in [-0.3, -0.25) is 4.79 Å². The third kappa shape index (κ3) is 2.12. The van der Waals surface area contributed by atoms with E-state index in [1.54, 1.807) is 0 Å². The average Bonchev–Trinajstić information content (AvgIpc) is 2.90. The summed E-state index contributed by atoms with van der Waals surface area (Å²) in [5.74, 6) is -3.48. The van der Waals surface area contributed by atoms with Crippen molar-refractivity contribution in [3.05, 3.63) is 35.1 Å². The number of benzene rings is 1. The maximum absolute atomic E-state index is 13.8. The molecule has 0 bridgehead atoms. The fraction of sp³-hybridized carbons (Fsp3) is 0.533. The van der Waals surface area contributed by atoms with Gasteiger partial charge in [-0.05, 0) is 25.7 Å². The third-order valence-corrected chi connectivity index (χ3v) is 4.83. The fourth-order valence-corrected chi connectivity index (χ4v) is 3.65. The minimum Gasteiger partial charge on any atom is -0.333 e. The van der Waals surface area contributed by atoms with Crippen LogP contribution in [-0.2, 0) is 0 Å². The molecule has 21 heavy (non-hydrogen) atoms. The first kappa shape index (κ1) is 14.4. The highest BCUT2D eigenvalue weighted by molar-refractivity contribution is 5.95. The molecule has 2 unspecified atom stereocenters. The molecular weight excluding hydrogens is 281 g/mol. The lowest BCUT2D eigenvalue weighted by Crippen LogP contribution is -2.48. The highest BCUT2D eigenvalue weighted by atomic mass is 19.1. The van der Waals surface area contributed by atoms with Crippen molar-refractivity contribution in [1.29, 1.82) is 0 Å². The largest absolute Gasteiger partial charge is 0.333 e. The maximum atomic E-state index is 13.8. The molecule has 6 heteroatoms. The van der Waals surface area contributed by atoms with Gasteiger partial charge in [-0.15, -0.1) is 0 Å². The molecule has 1 N–H and O–H groups in total. The highest BCUT2D eigenvalue weighted by Crippen LogP contribution is 2.41. The molecule has 1 aromatic rings. The number of halogens is 3. The van der Waals surface area contributed by atoms with Crippen molar-refractivity contribution in [3.8, 4) is 0 Å². The number of carbonyl (C=O) groups is 1. The van der Waals surface area contributed by atoms with Gasteiger partial charge >= 0.3 is 0 Å². The number of hydrogen-bond donors (Lipinski definition) is 1. The van der Waals surface area contributed by atoms with Crippen LogP contribution in [0.2, 0.25) is 0 Å². The third-order valence-electron chi connectivity index (χ3n) is 4.83. The van der Waals surface area contributed by atoms with Gasteiger partial charge in [0.15, 0.2) is 0 Å². The van der Waals surface area contributed by atoms with Crippen molar-refractivity contribution in [1.82, 2.24) is 10.2 Å². The van der Waals surface area contributed by atoms with Gasteiger partial charge in [0.25, 0.3) is 5.91 Å². The van der Waals surface area contributed by atoms with Crippen molar-refractivity contribution in [2.75, 3.05) is 19.6 Å². The van der Waals surface area contributed by atoms with Gasteiger partial charge in [-0.1, -0.05) is 0 Å². The van der Waals surface area contributed by atoms with Crippen molar-refractivity contribution in [2.45, 2.75) is 19.4 Å². The molecule has 2 fully saturated rings. The van der Waals surface area contributed by atoms with E-state index in [9.17, 15) is 18.0 Å². The van der Waals surface area contributed by atoms with Crippen LogP contribution in [0.3, 0.4) is 0 Å². The van der Waals surface area contributed by atoms with Crippen molar-refractivity contribution < 1.29 is 18.0 Å². The molecule has 0 aromatic heterocycles. The Morgan fingerprint density at radius 1 is 1.24 bits per heavy atom. The normalized spacial score (nSPS) is 27.0. The smallest absolute Gasteiger partial charge is 0.260 e. The molecule has 2 aliphatic heterocycles. The summed E-state index contributed by atoms with van der Waals surface area (Å²) in [5, 5.41) is 3.27. The standard InChI is InChI=1S/C15H17F3N2O/c1-15(2)10-6-19-5-8(10)7-20(15)14(21)13-11(17)3-9(16)4-12(13)18/h3-4,8,10,19H,5-7H2,1-2H3. The molecule has 0 spiro atoms. The molecule has 1 aromatic carbocycles. The zero-order chi connectivity index (χ0) is 15.4. The fourth-order valence-electron chi connectivity index (χ4n) is 3.65. The van der Waals surface area contributed by atoms with Crippen LogP contribution in [0.15, 0.2) is 12.1 Å². The van der Waals surface area contributed by atoms with E-state index in [4.69, 9.17) is 0 Å². The summed E-state index contributed by atoms with van der Waals surface area (Å²) in [7, 11) is 0. The number of amides is 1. The van der Waals surface area contributed by atoms with E-state index < -0.39 is 34.5 Å². The van der Waals surface area contributed by atoms with Gasteiger partial charge < -0.3 is 10.2 Å². The minimum atomic E-state index is -1.15. The van der Waals surface area contributed by atoms with Crippen LogP contribution in [0.4, 0.5) is 13.2 Å². The quantitative estimate of drug-likeness (QED) is 0.862. The van der Waals surface area contributed by atoms with E-state index in [1.807, 2.05) is 13.8 Å². The van der Waals surface area contributed by atoms with E-state index in [2.05, 4.69) is 5.32 Å². The number of likely N-dealkylation sites (tertiary alicyclic amines) is 1. The Hall–Kier alpha value is -1.56. The predicted molar refractivity (Wildman–Crippen MR) is 71.3 cm³/mol.